The predicted octanol–water partition coefficient (Wildman–Crippen LogP) is 4.61. The highest BCUT2D eigenvalue weighted by molar-refractivity contribution is 5.85. The van der Waals surface area contributed by atoms with Crippen LogP contribution in [0.2, 0.25) is 0 Å². The number of hydrogen-bond acceptors (Lipinski definition) is 2. The highest BCUT2D eigenvalue weighted by Crippen LogP contribution is 2.47. The normalized spacial score (nSPS) is 14.5. The van der Waals surface area contributed by atoms with Crippen molar-refractivity contribution in [1.29, 1.82) is 0 Å². The van der Waals surface area contributed by atoms with Crippen LogP contribution in [0, 0.1) is 0 Å². The Morgan fingerprint density at radius 1 is 0.917 bits per heavy atom. The van der Waals surface area contributed by atoms with E-state index in [0.717, 1.165) is 48.3 Å². The minimum atomic E-state index is -1.00. The highest BCUT2D eigenvalue weighted by atomic mass is 35.5. The molecule has 128 valence electrons. The zero-order valence-corrected chi connectivity index (χ0v) is 15.2. The van der Waals surface area contributed by atoms with Gasteiger partial charge in [-0.3, -0.25) is 0 Å². The second-order valence-corrected chi connectivity index (χ2v) is 6.08. The Morgan fingerprint density at radius 3 is 1.92 bits per heavy atom. The molecule has 0 unspecified atom stereocenters. The first-order chi connectivity index (χ1) is 11.2. The molecule has 0 atom stereocenters. The first-order valence-corrected chi connectivity index (χ1v) is 8.52. The second kappa shape index (κ2) is 7.98. The van der Waals surface area contributed by atoms with Gasteiger partial charge in [-0.15, -0.1) is 12.4 Å². The number of nitrogens with zero attached hydrogens (tertiary/aromatic N) is 1. The van der Waals surface area contributed by atoms with Crippen LogP contribution in [-0.2, 0) is 5.60 Å². The molecule has 0 spiro atoms. The fourth-order valence-electron chi connectivity index (χ4n) is 3.48. The van der Waals surface area contributed by atoms with E-state index in [1.807, 2.05) is 42.5 Å². The number of hydrogen-bond donors (Lipinski definition) is 1. The maximum atomic E-state index is 11.4. The molecule has 0 aliphatic heterocycles. The molecule has 0 saturated heterocycles. The fourth-order valence-corrected chi connectivity index (χ4v) is 3.48. The summed E-state index contributed by atoms with van der Waals surface area (Å²) in [5.41, 5.74) is 3.25. The lowest BCUT2D eigenvalue weighted by Crippen LogP contribution is -2.24. The summed E-state index contributed by atoms with van der Waals surface area (Å²) in [6, 6.07) is 16.3. The van der Waals surface area contributed by atoms with Crippen LogP contribution in [0.25, 0.3) is 11.1 Å². The van der Waals surface area contributed by atoms with E-state index in [2.05, 4.69) is 37.0 Å². The molecule has 1 aliphatic rings. The molecule has 2 aromatic rings. The van der Waals surface area contributed by atoms with Crippen molar-refractivity contribution in [2.75, 3.05) is 19.6 Å². The molecule has 1 N–H and O–H groups in total. The van der Waals surface area contributed by atoms with Crippen molar-refractivity contribution in [3.05, 3.63) is 71.8 Å². The van der Waals surface area contributed by atoms with E-state index in [1.165, 1.54) is 0 Å². The fraction of sp³-hybridized carbons (Fsp3) is 0.333. The van der Waals surface area contributed by atoms with Crippen molar-refractivity contribution in [3.63, 3.8) is 0 Å². The summed E-state index contributed by atoms with van der Waals surface area (Å²) >= 11 is 0. The van der Waals surface area contributed by atoms with Gasteiger partial charge in [0.25, 0.3) is 0 Å². The van der Waals surface area contributed by atoms with Gasteiger partial charge in [-0.2, -0.15) is 0 Å². The molecule has 3 heteroatoms. The number of benzene rings is 2. The van der Waals surface area contributed by atoms with E-state index in [4.69, 9.17) is 0 Å². The molecular weight excluding hydrogens is 318 g/mol. The Hall–Kier alpha value is -1.61. The quantitative estimate of drug-likeness (QED) is 0.774. The zero-order chi connectivity index (χ0) is 16.3. The minimum absolute atomic E-state index is 0. The van der Waals surface area contributed by atoms with Crippen molar-refractivity contribution < 1.29 is 5.11 Å². The van der Waals surface area contributed by atoms with Crippen LogP contribution in [0.3, 0.4) is 0 Å². The first-order valence-electron chi connectivity index (χ1n) is 8.52. The van der Waals surface area contributed by atoms with E-state index in [0.29, 0.717) is 0 Å². The van der Waals surface area contributed by atoms with Crippen molar-refractivity contribution in [2.24, 2.45) is 0 Å². The average molecular weight is 344 g/mol. The summed E-state index contributed by atoms with van der Waals surface area (Å²) in [7, 11) is 0. The van der Waals surface area contributed by atoms with Crippen molar-refractivity contribution >= 4 is 12.4 Å². The van der Waals surface area contributed by atoms with Crippen LogP contribution in [0.1, 0.15) is 31.4 Å². The highest BCUT2D eigenvalue weighted by Gasteiger charge is 2.38. The van der Waals surface area contributed by atoms with Crippen LogP contribution >= 0.6 is 12.4 Å². The Kier molecular flexibility index (Phi) is 6.22. The van der Waals surface area contributed by atoms with E-state index in [-0.39, 0.29) is 12.4 Å². The molecule has 0 bridgehead atoms. The van der Waals surface area contributed by atoms with Crippen LogP contribution in [0.15, 0.2) is 60.7 Å². The lowest BCUT2D eigenvalue weighted by Gasteiger charge is -2.22. The minimum Gasteiger partial charge on any atom is -0.377 e. The number of rotatable bonds is 6. The van der Waals surface area contributed by atoms with Gasteiger partial charge in [0.2, 0.25) is 0 Å². The van der Waals surface area contributed by atoms with E-state index >= 15 is 0 Å². The molecule has 0 saturated carbocycles. The predicted molar refractivity (Wildman–Crippen MR) is 104 cm³/mol. The SMILES string of the molecule is CCN(CC)CCC=CC1(O)c2ccccc2-c2ccccc21.Cl. The van der Waals surface area contributed by atoms with Gasteiger partial charge in [-0.25, -0.2) is 0 Å². The summed E-state index contributed by atoms with van der Waals surface area (Å²) < 4.78 is 0. The number of halogens is 1. The van der Waals surface area contributed by atoms with Crippen molar-refractivity contribution in [3.8, 4) is 11.1 Å². The maximum absolute atomic E-state index is 11.4. The summed E-state index contributed by atoms with van der Waals surface area (Å²) in [5.74, 6) is 0. The number of fused-ring (bicyclic) bond motifs is 3. The van der Waals surface area contributed by atoms with Gasteiger partial charge in [-0.05, 0) is 47.8 Å². The van der Waals surface area contributed by atoms with Gasteiger partial charge in [0.1, 0.15) is 5.60 Å². The molecular formula is C21H26ClNO. The van der Waals surface area contributed by atoms with Crippen LogP contribution in [0.4, 0.5) is 0 Å². The molecule has 24 heavy (non-hydrogen) atoms. The van der Waals surface area contributed by atoms with Crippen LogP contribution in [0.5, 0.6) is 0 Å². The largest absolute Gasteiger partial charge is 0.377 e. The van der Waals surface area contributed by atoms with Crippen molar-refractivity contribution in [1.82, 2.24) is 4.90 Å². The topological polar surface area (TPSA) is 23.5 Å². The standard InChI is InChI=1S/C21H25NO.ClH/c1-3-22(4-2)16-10-9-15-21(23)19-13-7-5-11-17(19)18-12-6-8-14-20(18)21;/h5-9,11-15,23H,3-4,10,16H2,1-2H3;1H. The van der Waals surface area contributed by atoms with E-state index < -0.39 is 5.60 Å². The van der Waals surface area contributed by atoms with Gasteiger partial charge in [0.05, 0.1) is 0 Å². The third-order valence-corrected chi connectivity index (χ3v) is 4.83. The Morgan fingerprint density at radius 2 is 1.42 bits per heavy atom. The molecule has 0 aromatic heterocycles. The first kappa shape index (κ1) is 18.7. The second-order valence-electron chi connectivity index (χ2n) is 6.08. The molecule has 0 fully saturated rings. The smallest absolute Gasteiger partial charge is 0.134 e. The molecule has 2 aromatic carbocycles. The molecule has 3 rings (SSSR count). The van der Waals surface area contributed by atoms with Gasteiger partial charge in [0, 0.05) is 6.54 Å². The van der Waals surface area contributed by atoms with Crippen LogP contribution < -0.4 is 0 Å². The Labute approximate surface area is 151 Å². The summed E-state index contributed by atoms with van der Waals surface area (Å²) in [4.78, 5) is 2.39. The van der Waals surface area contributed by atoms with Crippen molar-refractivity contribution in [2.45, 2.75) is 25.9 Å². The van der Waals surface area contributed by atoms with Crippen LogP contribution in [-0.4, -0.2) is 29.6 Å². The Balaban J connectivity index is 0.00000208. The van der Waals surface area contributed by atoms with Gasteiger partial charge < -0.3 is 10.0 Å². The van der Waals surface area contributed by atoms with Gasteiger partial charge in [0.15, 0.2) is 0 Å². The van der Waals surface area contributed by atoms with Gasteiger partial charge >= 0.3 is 0 Å². The molecule has 2 nitrogen and oxygen atoms in total. The molecule has 1 aliphatic carbocycles. The summed E-state index contributed by atoms with van der Waals surface area (Å²) in [5, 5.41) is 11.4. The average Bonchev–Trinajstić information content (AvgIpc) is 2.86. The Bertz CT molecular complexity index is 661. The lowest BCUT2D eigenvalue weighted by molar-refractivity contribution is 0.139. The number of aliphatic hydroxyl groups is 1. The van der Waals surface area contributed by atoms with E-state index in [9.17, 15) is 5.11 Å². The molecule has 0 radical (unpaired) electrons. The third kappa shape index (κ3) is 3.27. The lowest BCUT2D eigenvalue weighted by atomic mass is 9.91. The monoisotopic (exact) mass is 343 g/mol. The van der Waals surface area contributed by atoms with E-state index in [1.54, 1.807) is 0 Å². The summed E-state index contributed by atoms with van der Waals surface area (Å²) in [6.07, 6.45) is 5.05. The summed E-state index contributed by atoms with van der Waals surface area (Å²) in [6.45, 7) is 7.54. The van der Waals surface area contributed by atoms with Gasteiger partial charge in [-0.1, -0.05) is 68.5 Å². The molecule has 0 heterocycles. The molecule has 0 amide bonds. The third-order valence-electron chi connectivity index (χ3n) is 4.83. The zero-order valence-electron chi connectivity index (χ0n) is 14.4. The maximum Gasteiger partial charge on any atom is 0.134 e.